The molecule has 4 heteroatoms. The van der Waals surface area contributed by atoms with Crippen LogP contribution in [0.15, 0.2) is 48.7 Å². The van der Waals surface area contributed by atoms with Crippen molar-refractivity contribution in [3.05, 3.63) is 54.4 Å². The monoisotopic (exact) mass is 250 g/mol. The van der Waals surface area contributed by atoms with E-state index < -0.39 is 0 Å². The number of fused-ring (bicyclic) bond motifs is 1. The lowest BCUT2D eigenvalue weighted by atomic mass is 10.1. The first-order valence-electron chi connectivity index (χ1n) is 6.08. The Morgan fingerprint density at radius 2 is 1.95 bits per heavy atom. The second-order valence-electron chi connectivity index (χ2n) is 4.39. The third-order valence-corrected chi connectivity index (χ3v) is 2.94. The Hall–Kier alpha value is -2.62. The molecule has 0 saturated heterocycles. The molecule has 3 aromatic rings. The molecule has 0 bridgehead atoms. The summed E-state index contributed by atoms with van der Waals surface area (Å²) in [7, 11) is 0. The molecule has 19 heavy (non-hydrogen) atoms. The number of rotatable bonds is 2. The Morgan fingerprint density at radius 3 is 2.79 bits per heavy atom. The van der Waals surface area contributed by atoms with Gasteiger partial charge in [0, 0.05) is 17.3 Å². The van der Waals surface area contributed by atoms with Crippen molar-refractivity contribution >= 4 is 28.1 Å². The number of nitrogens with one attached hydrogen (secondary N) is 1. The van der Waals surface area contributed by atoms with E-state index in [0.29, 0.717) is 11.5 Å². The largest absolute Gasteiger partial charge is 0.396 e. The van der Waals surface area contributed by atoms with Gasteiger partial charge in [0.15, 0.2) is 5.82 Å². The number of aromatic nitrogens is 2. The molecule has 0 unspecified atom stereocenters. The van der Waals surface area contributed by atoms with Crippen LogP contribution in [0.5, 0.6) is 0 Å². The molecule has 0 spiro atoms. The second kappa shape index (κ2) is 4.57. The first kappa shape index (κ1) is 11.5. The summed E-state index contributed by atoms with van der Waals surface area (Å²) in [6.07, 6.45) is 1.72. The minimum absolute atomic E-state index is 0.626. The maximum absolute atomic E-state index is 5.91. The first-order chi connectivity index (χ1) is 9.24. The number of nitrogens with two attached hydrogens (primary N) is 1. The quantitative estimate of drug-likeness (QED) is 0.732. The fourth-order valence-electron chi connectivity index (χ4n) is 2.06. The van der Waals surface area contributed by atoms with Gasteiger partial charge in [0.2, 0.25) is 0 Å². The normalized spacial score (nSPS) is 10.6. The van der Waals surface area contributed by atoms with Crippen molar-refractivity contribution in [2.45, 2.75) is 6.92 Å². The SMILES string of the molecule is Cc1cc(Nc2ncccc2N)c2ccccc2n1. The van der Waals surface area contributed by atoms with Gasteiger partial charge in [0.05, 0.1) is 16.9 Å². The van der Waals surface area contributed by atoms with Crippen molar-refractivity contribution in [2.75, 3.05) is 11.1 Å². The van der Waals surface area contributed by atoms with Crippen LogP contribution < -0.4 is 11.1 Å². The van der Waals surface area contributed by atoms with Crippen molar-refractivity contribution in [2.24, 2.45) is 0 Å². The van der Waals surface area contributed by atoms with Crippen molar-refractivity contribution in [1.82, 2.24) is 9.97 Å². The van der Waals surface area contributed by atoms with Gasteiger partial charge in [0.25, 0.3) is 0 Å². The van der Waals surface area contributed by atoms with Gasteiger partial charge in [-0.1, -0.05) is 18.2 Å². The number of para-hydroxylation sites is 1. The highest BCUT2D eigenvalue weighted by atomic mass is 15.0. The molecule has 4 nitrogen and oxygen atoms in total. The van der Waals surface area contributed by atoms with Gasteiger partial charge in [0.1, 0.15) is 0 Å². The van der Waals surface area contributed by atoms with Crippen LogP contribution in [-0.4, -0.2) is 9.97 Å². The van der Waals surface area contributed by atoms with Gasteiger partial charge in [-0.3, -0.25) is 4.98 Å². The minimum Gasteiger partial charge on any atom is -0.396 e. The third-order valence-electron chi connectivity index (χ3n) is 2.94. The molecule has 0 aliphatic heterocycles. The van der Waals surface area contributed by atoms with E-state index in [2.05, 4.69) is 15.3 Å². The van der Waals surface area contributed by atoms with Crippen LogP contribution in [0.2, 0.25) is 0 Å². The second-order valence-corrected chi connectivity index (χ2v) is 4.39. The molecule has 3 rings (SSSR count). The first-order valence-corrected chi connectivity index (χ1v) is 6.08. The number of aryl methyl sites for hydroxylation is 1. The smallest absolute Gasteiger partial charge is 0.153 e. The predicted molar refractivity (Wildman–Crippen MR) is 78.4 cm³/mol. The maximum atomic E-state index is 5.91. The Morgan fingerprint density at radius 1 is 1.11 bits per heavy atom. The molecule has 3 N–H and O–H groups in total. The van der Waals surface area contributed by atoms with Gasteiger partial charge >= 0.3 is 0 Å². The molecule has 0 fully saturated rings. The fourth-order valence-corrected chi connectivity index (χ4v) is 2.06. The fraction of sp³-hybridized carbons (Fsp3) is 0.0667. The van der Waals surface area contributed by atoms with E-state index in [1.54, 1.807) is 6.20 Å². The molecule has 0 radical (unpaired) electrons. The van der Waals surface area contributed by atoms with E-state index in [1.807, 2.05) is 49.4 Å². The molecule has 1 aromatic carbocycles. The van der Waals surface area contributed by atoms with Gasteiger partial charge < -0.3 is 11.1 Å². The summed E-state index contributed by atoms with van der Waals surface area (Å²) in [4.78, 5) is 8.76. The molecular formula is C15H14N4. The average Bonchev–Trinajstić information content (AvgIpc) is 2.41. The predicted octanol–water partition coefficient (Wildman–Crippen LogP) is 3.26. The molecule has 2 heterocycles. The van der Waals surface area contributed by atoms with Crippen molar-refractivity contribution in [3.8, 4) is 0 Å². The van der Waals surface area contributed by atoms with Crippen molar-refractivity contribution < 1.29 is 0 Å². The van der Waals surface area contributed by atoms with E-state index in [-0.39, 0.29) is 0 Å². The molecule has 2 aromatic heterocycles. The van der Waals surface area contributed by atoms with E-state index in [9.17, 15) is 0 Å². The number of nitrogen functional groups attached to an aromatic ring is 1. The van der Waals surface area contributed by atoms with Crippen LogP contribution in [0.4, 0.5) is 17.2 Å². The molecule has 0 saturated carbocycles. The molecule has 0 atom stereocenters. The zero-order valence-electron chi connectivity index (χ0n) is 10.6. The van der Waals surface area contributed by atoms with Crippen LogP contribution in [0.25, 0.3) is 10.9 Å². The van der Waals surface area contributed by atoms with Crippen LogP contribution in [0, 0.1) is 6.92 Å². The lowest BCUT2D eigenvalue weighted by Crippen LogP contribution is -2.00. The number of hydrogen-bond donors (Lipinski definition) is 2. The summed E-state index contributed by atoms with van der Waals surface area (Å²) < 4.78 is 0. The van der Waals surface area contributed by atoms with E-state index in [4.69, 9.17) is 5.73 Å². The lowest BCUT2D eigenvalue weighted by Gasteiger charge is -2.11. The third kappa shape index (κ3) is 2.20. The van der Waals surface area contributed by atoms with E-state index in [0.717, 1.165) is 22.3 Å². The Balaban J connectivity index is 2.13. The molecular weight excluding hydrogens is 236 g/mol. The summed E-state index contributed by atoms with van der Waals surface area (Å²) in [5, 5.41) is 4.33. The number of nitrogens with zero attached hydrogens (tertiary/aromatic N) is 2. The van der Waals surface area contributed by atoms with Crippen molar-refractivity contribution in [1.29, 1.82) is 0 Å². The van der Waals surface area contributed by atoms with Crippen LogP contribution in [-0.2, 0) is 0 Å². The van der Waals surface area contributed by atoms with Gasteiger partial charge in [-0.15, -0.1) is 0 Å². The summed E-state index contributed by atoms with van der Waals surface area (Å²) in [6.45, 7) is 1.97. The highest BCUT2D eigenvalue weighted by Crippen LogP contribution is 2.27. The van der Waals surface area contributed by atoms with Crippen LogP contribution >= 0.6 is 0 Å². The van der Waals surface area contributed by atoms with Gasteiger partial charge in [-0.25, -0.2) is 4.98 Å². The summed E-state index contributed by atoms with van der Waals surface area (Å²) >= 11 is 0. The molecule has 0 aliphatic carbocycles. The maximum Gasteiger partial charge on any atom is 0.153 e. The van der Waals surface area contributed by atoms with Crippen LogP contribution in [0.1, 0.15) is 5.69 Å². The Labute approximate surface area is 111 Å². The standard InChI is InChI=1S/C15H14N4/c1-10-9-14(11-5-2-3-7-13(11)18-10)19-15-12(16)6-4-8-17-15/h2-9H,16H2,1H3,(H,17,18,19). The molecule has 94 valence electrons. The Kier molecular flexibility index (Phi) is 2.76. The summed E-state index contributed by atoms with van der Waals surface area (Å²) in [5.41, 5.74) is 9.41. The summed E-state index contributed by atoms with van der Waals surface area (Å²) in [5.74, 6) is 0.665. The number of pyridine rings is 2. The van der Waals surface area contributed by atoms with E-state index in [1.165, 1.54) is 0 Å². The number of hydrogen-bond acceptors (Lipinski definition) is 4. The Bertz CT molecular complexity index is 737. The number of benzene rings is 1. The lowest BCUT2D eigenvalue weighted by molar-refractivity contribution is 1.25. The zero-order chi connectivity index (χ0) is 13.2. The molecule has 0 amide bonds. The topological polar surface area (TPSA) is 63.8 Å². The minimum atomic E-state index is 0.626. The number of anilines is 3. The van der Waals surface area contributed by atoms with Gasteiger partial charge in [-0.2, -0.15) is 0 Å². The average molecular weight is 250 g/mol. The molecule has 0 aliphatic rings. The van der Waals surface area contributed by atoms with Gasteiger partial charge in [-0.05, 0) is 31.2 Å². The van der Waals surface area contributed by atoms with E-state index >= 15 is 0 Å². The van der Waals surface area contributed by atoms with Crippen molar-refractivity contribution in [3.63, 3.8) is 0 Å². The summed E-state index contributed by atoms with van der Waals surface area (Å²) in [6, 6.07) is 13.6. The zero-order valence-corrected chi connectivity index (χ0v) is 10.6. The van der Waals surface area contributed by atoms with Crippen LogP contribution in [0.3, 0.4) is 0 Å². The highest BCUT2D eigenvalue weighted by molar-refractivity contribution is 5.93. The highest BCUT2D eigenvalue weighted by Gasteiger charge is 2.06.